The molecule has 1 aromatic heterocycles. The second kappa shape index (κ2) is 8.08. The molecule has 2 aromatic rings. The summed E-state index contributed by atoms with van der Waals surface area (Å²) in [6.07, 6.45) is 15.6. The summed E-state index contributed by atoms with van der Waals surface area (Å²) in [5.74, 6) is 6.69. The lowest BCUT2D eigenvalue weighted by atomic mass is 9.60. The summed E-state index contributed by atoms with van der Waals surface area (Å²) in [7, 11) is 0. The average Bonchev–Trinajstić information content (AvgIpc) is 2.78. The molecule has 4 aliphatic carbocycles. The minimum absolute atomic E-state index is 0.0902. The molecule has 3 saturated carbocycles. The van der Waals surface area contributed by atoms with Crippen molar-refractivity contribution >= 4 is 0 Å². The Bertz CT molecular complexity index is 1000. The van der Waals surface area contributed by atoms with Crippen LogP contribution in [0.25, 0.3) is 11.4 Å². The van der Waals surface area contributed by atoms with Crippen molar-refractivity contribution in [1.29, 1.82) is 0 Å². The first-order valence-electron chi connectivity index (χ1n) is 13.1. The molecule has 4 aliphatic rings. The van der Waals surface area contributed by atoms with E-state index < -0.39 is 0 Å². The molecule has 0 spiro atoms. The number of hydrogen-bond acceptors (Lipinski definition) is 3. The zero-order chi connectivity index (χ0) is 21.7. The minimum atomic E-state index is 0.0902. The topological polar surface area (TPSA) is 38.7 Å². The molecular formula is C29H37N3. The number of allylic oxidation sites excluding steroid dienone is 2. The Morgan fingerprint density at radius 2 is 1.66 bits per heavy atom. The van der Waals surface area contributed by atoms with E-state index in [2.05, 4.69) is 50.3 Å². The molecule has 0 N–H and O–H groups in total. The van der Waals surface area contributed by atoms with Crippen LogP contribution in [-0.2, 0) is 5.41 Å². The lowest BCUT2D eigenvalue weighted by Gasteiger charge is -2.45. The SMILES string of the molecule is CC1C=C2CC(C)CC(c3nc(-c4ccccc4)nc(C4CC5CCCC(C5)C4)n3)(C2)C1. The van der Waals surface area contributed by atoms with Gasteiger partial charge in [0.25, 0.3) is 0 Å². The van der Waals surface area contributed by atoms with E-state index in [-0.39, 0.29) is 5.41 Å². The molecular weight excluding hydrogens is 390 g/mol. The van der Waals surface area contributed by atoms with Gasteiger partial charge in [0.1, 0.15) is 11.6 Å². The van der Waals surface area contributed by atoms with Gasteiger partial charge in [0.15, 0.2) is 5.82 Å². The van der Waals surface area contributed by atoms with Gasteiger partial charge in [-0.05, 0) is 68.6 Å². The molecule has 1 heterocycles. The van der Waals surface area contributed by atoms with E-state index in [0.29, 0.717) is 17.8 Å². The molecule has 3 nitrogen and oxygen atoms in total. The number of nitrogens with zero attached hydrogens (tertiary/aromatic N) is 3. The number of aromatic nitrogens is 3. The van der Waals surface area contributed by atoms with Crippen LogP contribution >= 0.6 is 0 Å². The predicted octanol–water partition coefficient (Wildman–Crippen LogP) is 7.25. The average molecular weight is 428 g/mol. The molecule has 32 heavy (non-hydrogen) atoms. The molecule has 1 aromatic carbocycles. The lowest BCUT2D eigenvalue weighted by molar-refractivity contribution is 0.165. The first-order valence-corrected chi connectivity index (χ1v) is 13.1. The maximum atomic E-state index is 5.36. The normalized spacial score (nSPS) is 36.4. The van der Waals surface area contributed by atoms with Gasteiger partial charge in [-0.3, -0.25) is 0 Å². The van der Waals surface area contributed by atoms with E-state index in [9.17, 15) is 0 Å². The van der Waals surface area contributed by atoms with Gasteiger partial charge in [-0.25, -0.2) is 15.0 Å². The summed E-state index contributed by atoms with van der Waals surface area (Å²) in [6, 6.07) is 10.6. The predicted molar refractivity (Wildman–Crippen MR) is 129 cm³/mol. The highest BCUT2D eigenvalue weighted by Crippen LogP contribution is 2.51. The van der Waals surface area contributed by atoms with Gasteiger partial charge in [0.2, 0.25) is 0 Å². The fourth-order valence-electron chi connectivity index (χ4n) is 7.86. The summed E-state index contributed by atoms with van der Waals surface area (Å²) in [4.78, 5) is 15.7. The zero-order valence-corrected chi connectivity index (χ0v) is 19.8. The molecule has 0 amide bonds. The summed E-state index contributed by atoms with van der Waals surface area (Å²) in [6.45, 7) is 4.80. The smallest absolute Gasteiger partial charge is 0.163 e. The van der Waals surface area contributed by atoms with Crippen LogP contribution < -0.4 is 0 Å². The third-order valence-corrected chi connectivity index (χ3v) is 8.80. The minimum Gasteiger partial charge on any atom is -0.217 e. The van der Waals surface area contributed by atoms with Gasteiger partial charge in [-0.15, -0.1) is 0 Å². The van der Waals surface area contributed by atoms with Crippen molar-refractivity contribution in [3.8, 4) is 11.4 Å². The third kappa shape index (κ3) is 3.82. The summed E-state index contributed by atoms with van der Waals surface area (Å²) >= 11 is 0. The summed E-state index contributed by atoms with van der Waals surface area (Å²) in [5, 5.41) is 0. The van der Waals surface area contributed by atoms with Crippen LogP contribution in [0.1, 0.15) is 95.6 Å². The van der Waals surface area contributed by atoms with Crippen LogP contribution in [0, 0.1) is 23.7 Å². The van der Waals surface area contributed by atoms with Crippen molar-refractivity contribution in [2.45, 2.75) is 89.4 Å². The molecule has 0 aliphatic heterocycles. The fraction of sp³-hybridized carbons (Fsp3) is 0.621. The Hall–Kier alpha value is -2.03. The Morgan fingerprint density at radius 3 is 2.44 bits per heavy atom. The first-order chi connectivity index (χ1) is 15.6. The fourth-order valence-corrected chi connectivity index (χ4v) is 7.86. The van der Waals surface area contributed by atoms with Crippen molar-refractivity contribution in [3.63, 3.8) is 0 Å². The number of hydrogen-bond donors (Lipinski definition) is 0. The van der Waals surface area contributed by atoms with Crippen molar-refractivity contribution < 1.29 is 0 Å². The zero-order valence-electron chi connectivity index (χ0n) is 19.8. The molecule has 3 fully saturated rings. The Morgan fingerprint density at radius 1 is 0.875 bits per heavy atom. The van der Waals surface area contributed by atoms with E-state index in [4.69, 9.17) is 15.0 Å². The van der Waals surface area contributed by atoms with Gasteiger partial charge in [-0.2, -0.15) is 0 Å². The van der Waals surface area contributed by atoms with Crippen LogP contribution in [0.3, 0.4) is 0 Å². The number of benzene rings is 1. The first kappa shape index (κ1) is 20.6. The second-order valence-corrected chi connectivity index (χ2v) is 11.8. The van der Waals surface area contributed by atoms with E-state index in [0.717, 1.165) is 41.3 Å². The van der Waals surface area contributed by atoms with E-state index >= 15 is 0 Å². The third-order valence-electron chi connectivity index (χ3n) is 8.80. The van der Waals surface area contributed by atoms with Gasteiger partial charge >= 0.3 is 0 Å². The number of rotatable bonds is 3. The standard InChI is InChI=1S/C29H37N3/c1-19-11-23-12-20(2)17-29(16-19,18-23)28-31-26(24-9-4-3-5-10-24)30-27(32-28)25-14-21-7-6-8-22(13-21)15-25/h3-5,9-11,19-22,25H,6-8,12-18H2,1-2H3. The van der Waals surface area contributed by atoms with Crippen molar-refractivity contribution in [2.24, 2.45) is 23.7 Å². The molecule has 5 atom stereocenters. The molecule has 5 unspecified atom stereocenters. The van der Waals surface area contributed by atoms with Gasteiger partial charge in [-0.1, -0.05) is 75.1 Å². The monoisotopic (exact) mass is 427 g/mol. The Balaban J connectivity index is 1.45. The number of fused-ring (bicyclic) bond motifs is 4. The highest BCUT2D eigenvalue weighted by atomic mass is 15.1. The van der Waals surface area contributed by atoms with Gasteiger partial charge in [0, 0.05) is 16.9 Å². The van der Waals surface area contributed by atoms with Crippen LogP contribution in [0.4, 0.5) is 0 Å². The quantitative estimate of drug-likeness (QED) is 0.484. The van der Waals surface area contributed by atoms with Crippen LogP contribution in [0.5, 0.6) is 0 Å². The van der Waals surface area contributed by atoms with E-state index in [1.54, 1.807) is 5.57 Å². The lowest BCUT2D eigenvalue weighted by Crippen LogP contribution is -2.40. The van der Waals surface area contributed by atoms with E-state index in [1.807, 2.05) is 0 Å². The van der Waals surface area contributed by atoms with E-state index in [1.165, 1.54) is 57.8 Å². The van der Waals surface area contributed by atoms with Gasteiger partial charge in [0.05, 0.1) is 0 Å². The molecule has 6 rings (SSSR count). The molecule has 0 radical (unpaired) electrons. The second-order valence-electron chi connectivity index (χ2n) is 11.8. The van der Waals surface area contributed by atoms with Crippen LogP contribution in [0.2, 0.25) is 0 Å². The molecule has 0 saturated heterocycles. The summed E-state index contributed by atoms with van der Waals surface area (Å²) < 4.78 is 0. The van der Waals surface area contributed by atoms with Crippen molar-refractivity contribution in [1.82, 2.24) is 15.0 Å². The maximum absolute atomic E-state index is 5.36. The Labute approximate surface area is 193 Å². The van der Waals surface area contributed by atoms with Gasteiger partial charge < -0.3 is 0 Å². The molecule has 4 bridgehead atoms. The van der Waals surface area contributed by atoms with Crippen LogP contribution in [0.15, 0.2) is 42.0 Å². The van der Waals surface area contributed by atoms with Crippen molar-refractivity contribution in [2.75, 3.05) is 0 Å². The highest BCUT2D eigenvalue weighted by Gasteiger charge is 2.45. The van der Waals surface area contributed by atoms with Crippen molar-refractivity contribution in [3.05, 3.63) is 53.6 Å². The summed E-state index contributed by atoms with van der Waals surface area (Å²) in [5.41, 5.74) is 2.86. The molecule has 168 valence electrons. The maximum Gasteiger partial charge on any atom is 0.163 e. The highest BCUT2D eigenvalue weighted by molar-refractivity contribution is 5.54. The Kier molecular flexibility index (Phi) is 5.19. The van der Waals surface area contributed by atoms with Crippen LogP contribution in [-0.4, -0.2) is 15.0 Å². The largest absolute Gasteiger partial charge is 0.217 e. The molecule has 3 heteroatoms.